The van der Waals surface area contributed by atoms with E-state index in [0.29, 0.717) is 6.54 Å². The van der Waals surface area contributed by atoms with Crippen molar-refractivity contribution in [2.24, 2.45) is 11.1 Å². The first-order chi connectivity index (χ1) is 4.93. The number of hydrogen-bond acceptors (Lipinski definition) is 2. The molecule has 1 fully saturated rings. The number of likely N-dealkylation sites (tertiary alicyclic amines) is 1. The van der Waals surface area contributed by atoms with E-state index in [4.69, 9.17) is 5.73 Å². The summed E-state index contributed by atoms with van der Waals surface area (Å²) in [5.74, 6) is 0.208. The van der Waals surface area contributed by atoms with E-state index in [-0.39, 0.29) is 17.4 Å². The van der Waals surface area contributed by atoms with Crippen LogP contribution in [0.15, 0.2) is 0 Å². The van der Waals surface area contributed by atoms with Crippen LogP contribution in [0.2, 0.25) is 0 Å². The number of amides is 1. The summed E-state index contributed by atoms with van der Waals surface area (Å²) in [5, 5.41) is 0. The largest absolute Gasteiger partial charge is 0.344 e. The van der Waals surface area contributed by atoms with Crippen molar-refractivity contribution in [3.63, 3.8) is 0 Å². The van der Waals surface area contributed by atoms with Crippen LogP contribution in [0.25, 0.3) is 0 Å². The van der Waals surface area contributed by atoms with Gasteiger partial charge in [-0.25, -0.2) is 0 Å². The third-order valence-electron chi connectivity index (χ3n) is 2.21. The molecule has 0 spiro atoms. The zero-order valence-electron chi connectivity index (χ0n) is 7.42. The number of nitrogens with zero attached hydrogens (tertiary/aromatic N) is 1. The summed E-state index contributed by atoms with van der Waals surface area (Å²) in [6.45, 7) is 4.60. The van der Waals surface area contributed by atoms with Crippen LogP contribution in [0.4, 0.5) is 0 Å². The monoisotopic (exact) mass is 156 g/mol. The Balaban J connectivity index is 2.75. The van der Waals surface area contributed by atoms with E-state index in [9.17, 15) is 4.79 Å². The van der Waals surface area contributed by atoms with E-state index in [1.807, 2.05) is 20.9 Å². The lowest BCUT2D eigenvalue weighted by Gasteiger charge is -2.38. The molecule has 1 aliphatic rings. The van der Waals surface area contributed by atoms with Crippen LogP contribution < -0.4 is 5.73 Å². The maximum atomic E-state index is 11.5. The smallest absolute Gasteiger partial charge is 0.228 e. The quantitative estimate of drug-likeness (QED) is 0.544. The summed E-state index contributed by atoms with van der Waals surface area (Å²) >= 11 is 0. The number of likely N-dealkylation sites (N-methyl/N-ethyl adjacent to an activating group) is 1. The standard InChI is InChI=1S/C8H16N2O/c1-8(2)4-6(9)5-10(3)7(8)11/h6H,4-5,9H2,1-3H3. The average molecular weight is 156 g/mol. The third-order valence-corrected chi connectivity index (χ3v) is 2.21. The van der Waals surface area contributed by atoms with Crippen molar-refractivity contribution in [2.45, 2.75) is 26.3 Å². The van der Waals surface area contributed by atoms with Crippen LogP contribution in [0, 0.1) is 5.41 Å². The van der Waals surface area contributed by atoms with Crippen LogP contribution in [0.1, 0.15) is 20.3 Å². The molecule has 3 nitrogen and oxygen atoms in total. The van der Waals surface area contributed by atoms with Gasteiger partial charge in [0.25, 0.3) is 0 Å². The topological polar surface area (TPSA) is 46.3 Å². The summed E-state index contributed by atoms with van der Waals surface area (Å²) in [6.07, 6.45) is 0.802. The Morgan fingerprint density at radius 3 is 2.64 bits per heavy atom. The van der Waals surface area contributed by atoms with E-state index in [1.54, 1.807) is 4.90 Å². The summed E-state index contributed by atoms with van der Waals surface area (Å²) in [7, 11) is 1.81. The van der Waals surface area contributed by atoms with Gasteiger partial charge in [-0.1, -0.05) is 13.8 Å². The van der Waals surface area contributed by atoms with Crippen molar-refractivity contribution < 1.29 is 4.79 Å². The highest BCUT2D eigenvalue weighted by Gasteiger charge is 2.37. The summed E-state index contributed by atoms with van der Waals surface area (Å²) in [4.78, 5) is 13.2. The molecule has 1 saturated heterocycles. The van der Waals surface area contributed by atoms with E-state index >= 15 is 0 Å². The minimum atomic E-state index is -0.258. The van der Waals surface area contributed by atoms with Gasteiger partial charge in [-0.15, -0.1) is 0 Å². The van der Waals surface area contributed by atoms with E-state index in [0.717, 1.165) is 6.42 Å². The Bertz CT molecular complexity index is 177. The van der Waals surface area contributed by atoms with Gasteiger partial charge in [-0.3, -0.25) is 4.79 Å². The molecule has 0 bridgehead atoms. The van der Waals surface area contributed by atoms with Crippen molar-refractivity contribution in [1.82, 2.24) is 4.90 Å². The Labute approximate surface area is 67.5 Å². The fourth-order valence-corrected chi connectivity index (χ4v) is 1.76. The maximum Gasteiger partial charge on any atom is 0.228 e. The molecule has 64 valence electrons. The highest BCUT2D eigenvalue weighted by molar-refractivity contribution is 5.82. The molecule has 1 aliphatic heterocycles. The molecular weight excluding hydrogens is 140 g/mol. The molecule has 0 aromatic carbocycles. The number of rotatable bonds is 0. The van der Waals surface area contributed by atoms with Gasteiger partial charge in [-0.2, -0.15) is 0 Å². The molecule has 1 atom stereocenters. The maximum absolute atomic E-state index is 11.5. The SMILES string of the molecule is CN1CC(N)CC(C)(C)C1=O. The lowest BCUT2D eigenvalue weighted by Crippen LogP contribution is -2.52. The van der Waals surface area contributed by atoms with Gasteiger partial charge in [0.1, 0.15) is 0 Å². The first kappa shape index (κ1) is 8.53. The van der Waals surface area contributed by atoms with Crippen LogP contribution in [0.3, 0.4) is 0 Å². The molecule has 1 unspecified atom stereocenters. The van der Waals surface area contributed by atoms with Crippen molar-refractivity contribution in [3.05, 3.63) is 0 Å². The molecule has 1 rings (SSSR count). The van der Waals surface area contributed by atoms with E-state index in [1.165, 1.54) is 0 Å². The fraction of sp³-hybridized carbons (Fsp3) is 0.875. The molecule has 3 heteroatoms. The molecule has 0 saturated carbocycles. The molecule has 1 amide bonds. The van der Waals surface area contributed by atoms with Gasteiger partial charge < -0.3 is 10.6 Å². The number of carbonyl (C=O) groups excluding carboxylic acids is 1. The van der Waals surface area contributed by atoms with Gasteiger partial charge in [0.15, 0.2) is 0 Å². The van der Waals surface area contributed by atoms with Gasteiger partial charge in [0.2, 0.25) is 5.91 Å². The Kier molecular flexibility index (Phi) is 1.92. The first-order valence-corrected chi connectivity index (χ1v) is 3.94. The number of carbonyl (C=O) groups is 1. The highest BCUT2D eigenvalue weighted by Crippen LogP contribution is 2.28. The number of nitrogens with two attached hydrogens (primary N) is 1. The zero-order chi connectivity index (χ0) is 8.65. The van der Waals surface area contributed by atoms with Crippen molar-refractivity contribution in [1.29, 1.82) is 0 Å². The predicted octanol–water partition coefficient (Wildman–Crippen LogP) is 0.202. The molecule has 0 radical (unpaired) electrons. The van der Waals surface area contributed by atoms with Crippen LogP contribution in [0.5, 0.6) is 0 Å². The Morgan fingerprint density at radius 1 is 1.64 bits per heavy atom. The van der Waals surface area contributed by atoms with Crippen molar-refractivity contribution in [2.75, 3.05) is 13.6 Å². The number of hydrogen-bond donors (Lipinski definition) is 1. The molecule has 0 aliphatic carbocycles. The summed E-state index contributed by atoms with van der Waals surface area (Å²) < 4.78 is 0. The lowest BCUT2D eigenvalue weighted by molar-refractivity contribution is -0.143. The minimum absolute atomic E-state index is 0.146. The fourth-order valence-electron chi connectivity index (χ4n) is 1.76. The number of piperidine rings is 1. The molecule has 11 heavy (non-hydrogen) atoms. The van der Waals surface area contributed by atoms with Crippen LogP contribution in [-0.2, 0) is 4.79 Å². The second-order valence-electron chi connectivity index (χ2n) is 4.03. The predicted molar refractivity (Wildman–Crippen MR) is 44.0 cm³/mol. The van der Waals surface area contributed by atoms with Gasteiger partial charge >= 0.3 is 0 Å². The zero-order valence-corrected chi connectivity index (χ0v) is 7.42. The molecule has 1 heterocycles. The Hall–Kier alpha value is -0.570. The average Bonchev–Trinajstić information content (AvgIpc) is 1.81. The molecule has 2 N–H and O–H groups in total. The van der Waals surface area contributed by atoms with Gasteiger partial charge in [0, 0.05) is 25.0 Å². The molecule has 0 aromatic heterocycles. The van der Waals surface area contributed by atoms with E-state index in [2.05, 4.69) is 0 Å². The first-order valence-electron chi connectivity index (χ1n) is 3.94. The molecular formula is C8H16N2O. The van der Waals surface area contributed by atoms with Crippen LogP contribution >= 0.6 is 0 Å². The van der Waals surface area contributed by atoms with Crippen molar-refractivity contribution in [3.8, 4) is 0 Å². The summed E-state index contributed by atoms with van der Waals surface area (Å²) in [6, 6.07) is 0.146. The summed E-state index contributed by atoms with van der Waals surface area (Å²) in [5.41, 5.74) is 5.51. The highest BCUT2D eigenvalue weighted by atomic mass is 16.2. The second kappa shape index (κ2) is 2.48. The van der Waals surface area contributed by atoms with Gasteiger partial charge in [-0.05, 0) is 6.42 Å². The van der Waals surface area contributed by atoms with E-state index < -0.39 is 0 Å². The normalized spacial score (nSPS) is 30.7. The lowest BCUT2D eigenvalue weighted by atomic mass is 9.81. The minimum Gasteiger partial charge on any atom is -0.344 e. The molecule has 0 aromatic rings. The van der Waals surface area contributed by atoms with Crippen molar-refractivity contribution >= 4 is 5.91 Å². The van der Waals surface area contributed by atoms with Crippen LogP contribution in [-0.4, -0.2) is 30.4 Å². The van der Waals surface area contributed by atoms with Gasteiger partial charge in [0.05, 0.1) is 0 Å². The second-order valence-corrected chi connectivity index (χ2v) is 4.03. The Morgan fingerprint density at radius 2 is 2.18 bits per heavy atom. The third kappa shape index (κ3) is 1.53.